The number of ether oxygens (including phenoxy) is 1. The van der Waals surface area contributed by atoms with E-state index in [-0.39, 0.29) is 5.97 Å². The molecule has 0 aliphatic rings. The zero-order chi connectivity index (χ0) is 15.2. The van der Waals surface area contributed by atoms with Gasteiger partial charge in [0, 0.05) is 6.08 Å². The number of rotatable bonds is 11. The van der Waals surface area contributed by atoms with Gasteiger partial charge in [-0.3, -0.25) is 0 Å². The predicted molar refractivity (Wildman–Crippen MR) is 86.8 cm³/mol. The van der Waals surface area contributed by atoms with E-state index in [1.807, 2.05) is 6.08 Å². The van der Waals surface area contributed by atoms with Crippen LogP contribution in [-0.2, 0) is 9.53 Å². The van der Waals surface area contributed by atoms with Crippen molar-refractivity contribution in [3.8, 4) is 0 Å². The third-order valence-electron chi connectivity index (χ3n) is 3.75. The zero-order valence-electron chi connectivity index (χ0n) is 13.8. The van der Waals surface area contributed by atoms with Gasteiger partial charge in [0.05, 0.1) is 7.11 Å². The third-order valence-corrected chi connectivity index (χ3v) is 3.75. The average Bonchev–Trinajstić information content (AvgIpc) is 2.46. The van der Waals surface area contributed by atoms with Crippen LogP contribution >= 0.6 is 0 Å². The molecule has 2 heteroatoms. The Morgan fingerprint density at radius 3 is 2.00 bits per heavy atom. The smallest absolute Gasteiger partial charge is 0.330 e. The summed E-state index contributed by atoms with van der Waals surface area (Å²) in [6.07, 6.45) is 15.3. The number of carbonyl (C=O) groups excluding carboxylic acids is 1. The van der Waals surface area contributed by atoms with Crippen LogP contribution in [0.1, 0.15) is 78.6 Å². The highest BCUT2D eigenvalue weighted by atomic mass is 16.5. The number of esters is 1. The molecule has 0 aromatic carbocycles. The largest absolute Gasteiger partial charge is 0.466 e. The molecule has 0 saturated carbocycles. The molecule has 116 valence electrons. The van der Waals surface area contributed by atoms with Crippen LogP contribution in [0.25, 0.3) is 0 Å². The van der Waals surface area contributed by atoms with Crippen LogP contribution < -0.4 is 0 Å². The molecule has 0 aromatic rings. The quantitative estimate of drug-likeness (QED) is 0.214. The van der Waals surface area contributed by atoms with Gasteiger partial charge in [0.2, 0.25) is 0 Å². The Labute approximate surface area is 125 Å². The van der Waals surface area contributed by atoms with Crippen molar-refractivity contribution in [2.75, 3.05) is 7.11 Å². The van der Waals surface area contributed by atoms with E-state index in [1.54, 1.807) is 0 Å². The summed E-state index contributed by atoms with van der Waals surface area (Å²) in [6, 6.07) is 0. The highest BCUT2D eigenvalue weighted by Crippen LogP contribution is 2.15. The summed E-state index contributed by atoms with van der Waals surface area (Å²) in [7, 11) is 1.40. The molecule has 0 aliphatic heterocycles. The van der Waals surface area contributed by atoms with E-state index in [9.17, 15) is 4.79 Å². The minimum absolute atomic E-state index is 0.288. The van der Waals surface area contributed by atoms with Crippen LogP contribution in [0.5, 0.6) is 0 Å². The second-order valence-electron chi connectivity index (χ2n) is 5.54. The van der Waals surface area contributed by atoms with Gasteiger partial charge in [-0.2, -0.15) is 0 Å². The summed E-state index contributed by atoms with van der Waals surface area (Å²) in [5, 5.41) is 0. The summed E-state index contributed by atoms with van der Waals surface area (Å²) < 4.78 is 4.59. The van der Waals surface area contributed by atoms with E-state index >= 15 is 0 Å². The summed E-state index contributed by atoms with van der Waals surface area (Å²) in [6.45, 7) is 6.46. The van der Waals surface area contributed by atoms with Gasteiger partial charge in [-0.1, -0.05) is 69.1 Å². The maximum atomic E-state index is 11.0. The maximum Gasteiger partial charge on any atom is 0.330 e. The van der Waals surface area contributed by atoms with Crippen molar-refractivity contribution < 1.29 is 9.53 Å². The van der Waals surface area contributed by atoms with Gasteiger partial charge < -0.3 is 4.74 Å². The fourth-order valence-corrected chi connectivity index (χ4v) is 2.12. The van der Waals surface area contributed by atoms with E-state index in [0.29, 0.717) is 0 Å². The molecule has 0 radical (unpaired) electrons. The third kappa shape index (κ3) is 10.8. The maximum absolute atomic E-state index is 11.0. The van der Waals surface area contributed by atoms with E-state index in [1.165, 1.54) is 75.7 Å². The summed E-state index contributed by atoms with van der Waals surface area (Å²) in [5.41, 5.74) is 2.55. The zero-order valence-corrected chi connectivity index (χ0v) is 13.8. The highest BCUT2D eigenvalue weighted by Gasteiger charge is 1.97. The van der Waals surface area contributed by atoms with Gasteiger partial charge in [0.25, 0.3) is 0 Å². The molecular weight excluding hydrogens is 248 g/mol. The molecule has 0 amide bonds. The molecule has 0 spiro atoms. The lowest BCUT2D eigenvalue weighted by Crippen LogP contribution is -1.94. The second-order valence-corrected chi connectivity index (χ2v) is 5.54. The fourth-order valence-electron chi connectivity index (χ4n) is 2.12. The molecule has 0 aromatic heterocycles. The van der Waals surface area contributed by atoms with Crippen molar-refractivity contribution in [2.24, 2.45) is 0 Å². The molecule has 0 aliphatic carbocycles. The fraction of sp³-hybridized carbons (Fsp3) is 0.722. The van der Waals surface area contributed by atoms with Gasteiger partial charge in [-0.25, -0.2) is 4.79 Å². The minimum atomic E-state index is -0.288. The Morgan fingerprint density at radius 1 is 0.900 bits per heavy atom. The molecule has 0 fully saturated rings. The van der Waals surface area contributed by atoms with Crippen LogP contribution in [0.15, 0.2) is 23.3 Å². The summed E-state index contributed by atoms with van der Waals surface area (Å²) >= 11 is 0. The van der Waals surface area contributed by atoms with Crippen molar-refractivity contribution in [1.29, 1.82) is 0 Å². The average molecular weight is 280 g/mol. The number of unbranched alkanes of at least 4 members (excludes halogenated alkanes) is 7. The molecule has 0 N–H and O–H groups in total. The molecule has 0 bridgehead atoms. The van der Waals surface area contributed by atoms with Crippen LogP contribution in [0.2, 0.25) is 0 Å². The Kier molecular flexibility index (Phi) is 12.3. The predicted octanol–water partition coefficient (Wildman–Crippen LogP) is 5.58. The van der Waals surface area contributed by atoms with E-state index in [2.05, 4.69) is 25.5 Å². The van der Waals surface area contributed by atoms with Crippen LogP contribution in [0.3, 0.4) is 0 Å². The first-order valence-electron chi connectivity index (χ1n) is 8.04. The Hall–Kier alpha value is -1.05. The first-order valence-corrected chi connectivity index (χ1v) is 8.04. The van der Waals surface area contributed by atoms with Crippen LogP contribution in [0.4, 0.5) is 0 Å². The van der Waals surface area contributed by atoms with Gasteiger partial charge in [-0.05, 0) is 26.7 Å². The molecule has 0 unspecified atom stereocenters. The van der Waals surface area contributed by atoms with Crippen LogP contribution in [-0.4, -0.2) is 13.1 Å². The van der Waals surface area contributed by atoms with Crippen molar-refractivity contribution in [3.63, 3.8) is 0 Å². The topological polar surface area (TPSA) is 26.3 Å². The molecule has 20 heavy (non-hydrogen) atoms. The normalized spacial score (nSPS) is 12.6. The molecule has 0 atom stereocenters. The van der Waals surface area contributed by atoms with E-state index in [4.69, 9.17) is 0 Å². The molecule has 0 saturated heterocycles. The van der Waals surface area contributed by atoms with Gasteiger partial charge >= 0.3 is 5.97 Å². The Balaban J connectivity index is 3.72. The molecular formula is C18H32O2. The highest BCUT2D eigenvalue weighted by molar-refractivity contribution is 5.82. The van der Waals surface area contributed by atoms with Crippen molar-refractivity contribution in [3.05, 3.63) is 23.3 Å². The number of carbonyl (C=O) groups is 1. The standard InChI is InChI=1S/C18H32O2/c1-5-6-7-8-9-10-11-12-13-16(2)17(3)14-15-18(19)20-4/h14-15H,5-13H2,1-4H3/b15-14+,17-16-. The van der Waals surface area contributed by atoms with E-state index < -0.39 is 0 Å². The number of hydrogen-bond acceptors (Lipinski definition) is 2. The lowest BCUT2D eigenvalue weighted by molar-refractivity contribution is -0.134. The SMILES string of the molecule is CCCCCCCCCC/C(C)=C(C)\C=C\C(=O)OC. The van der Waals surface area contributed by atoms with Crippen molar-refractivity contribution in [1.82, 2.24) is 0 Å². The molecule has 0 heterocycles. The first-order chi connectivity index (χ1) is 9.61. The Morgan fingerprint density at radius 2 is 1.45 bits per heavy atom. The van der Waals surface area contributed by atoms with E-state index in [0.717, 1.165) is 6.42 Å². The Bertz CT molecular complexity index is 313. The van der Waals surface area contributed by atoms with Gasteiger partial charge in [0.15, 0.2) is 0 Å². The van der Waals surface area contributed by atoms with Crippen molar-refractivity contribution in [2.45, 2.75) is 78.6 Å². The van der Waals surface area contributed by atoms with Gasteiger partial charge in [-0.15, -0.1) is 0 Å². The first kappa shape index (κ1) is 18.9. The second kappa shape index (κ2) is 13.0. The van der Waals surface area contributed by atoms with Gasteiger partial charge in [0.1, 0.15) is 0 Å². The number of allylic oxidation sites excluding steroid dienone is 3. The monoisotopic (exact) mass is 280 g/mol. The minimum Gasteiger partial charge on any atom is -0.466 e. The van der Waals surface area contributed by atoms with Crippen LogP contribution in [0, 0.1) is 0 Å². The molecule has 2 nitrogen and oxygen atoms in total. The lowest BCUT2D eigenvalue weighted by atomic mass is 10.0. The number of hydrogen-bond donors (Lipinski definition) is 0. The number of methoxy groups -OCH3 is 1. The summed E-state index contributed by atoms with van der Waals surface area (Å²) in [4.78, 5) is 11.0. The summed E-state index contributed by atoms with van der Waals surface area (Å²) in [5.74, 6) is -0.288. The van der Waals surface area contributed by atoms with Crippen molar-refractivity contribution >= 4 is 5.97 Å². The lowest BCUT2D eigenvalue weighted by Gasteiger charge is -2.05. The molecule has 0 rings (SSSR count).